The predicted molar refractivity (Wildman–Crippen MR) is 104 cm³/mol. The lowest BCUT2D eigenvalue weighted by atomic mass is 10.4. The molecule has 1 aliphatic rings. The number of fused-ring (bicyclic) bond motifs is 1. The Morgan fingerprint density at radius 2 is 1.33 bits per heavy atom. The monoisotopic (exact) mass is 386 g/mol. The Hall–Kier alpha value is -0.796. The van der Waals surface area contributed by atoms with Gasteiger partial charge in [0.15, 0.2) is 16.4 Å². The van der Waals surface area contributed by atoms with Gasteiger partial charge < -0.3 is 14.0 Å². The van der Waals surface area contributed by atoms with Crippen LogP contribution in [-0.4, -0.2) is 26.7 Å². The second-order valence-electron chi connectivity index (χ2n) is 7.97. The van der Waals surface area contributed by atoms with Crippen LogP contribution in [0.5, 0.6) is 11.5 Å². The lowest BCUT2D eigenvalue weighted by Gasteiger charge is -2.56. The van der Waals surface area contributed by atoms with Crippen LogP contribution in [0.3, 0.4) is 0 Å². The van der Waals surface area contributed by atoms with Gasteiger partial charge in [-0.25, -0.2) is 4.79 Å². The Morgan fingerprint density at radius 3 is 1.71 bits per heavy atom. The first-order valence-corrected chi connectivity index (χ1v) is 14.8. The molecule has 0 bridgehead atoms. The van der Waals surface area contributed by atoms with Gasteiger partial charge in [-0.15, -0.1) is 11.3 Å². The first-order chi connectivity index (χ1) is 11.0. The van der Waals surface area contributed by atoms with E-state index < -0.39 is 21.6 Å². The second kappa shape index (κ2) is 6.50. The summed E-state index contributed by atoms with van der Waals surface area (Å²) in [5.41, 5.74) is 1.55. The largest absolute Gasteiger partial charge is 0.538 e. The maximum atomic E-state index is 11.6. The Kier molecular flexibility index (Phi) is 5.28. The van der Waals surface area contributed by atoms with Gasteiger partial charge in [-0.2, -0.15) is 0 Å². The Morgan fingerprint density at radius 1 is 0.917 bits per heavy atom. The number of carboxylic acid groups (broad SMARTS) is 1. The average Bonchev–Trinajstić information content (AvgIpc) is 2.86. The summed E-state index contributed by atoms with van der Waals surface area (Å²) in [5, 5.41) is 11.4. The van der Waals surface area contributed by atoms with Crippen LogP contribution in [0.4, 0.5) is 0 Å². The summed E-state index contributed by atoms with van der Waals surface area (Å²) in [6.45, 7) is 18.0. The van der Waals surface area contributed by atoms with E-state index in [0.29, 0.717) is 33.7 Å². The van der Waals surface area contributed by atoms with Crippen molar-refractivity contribution in [2.24, 2.45) is 0 Å². The first-order valence-electron chi connectivity index (χ1n) is 8.75. The zero-order valence-corrected chi connectivity index (χ0v) is 18.8. The smallest absolute Gasteiger partial charge is 0.349 e. The number of aromatic carboxylic acids is 1. The van der Waals surface area contributed by atoms with Crippen molar-refractivity contribution in [2.45, 2.75) is 77.6 Å². The zero-order valence-electron chi connectivity index (χ0n) is 16.0. The molecule has 2 rings (SSSR count). The molecule has 1 aromatic rings. The summed E-state index contributed by atoms with van der Waals surface area (Å²) in [6, 6.07) is 0. The maximum absolute atomic E-state index is 11.6. The fourth-order valence-corrected chi connectivity index (χ4v) is 26.7. The predicted octanol–water partition coefficient (Wildman–Crippen LogP) is 5.83. The van der Waals surface area contributed by atoms with Gasteiger partial charge in [0.2, 0.25) is 0 Å². The van der Waals surface area contributed by atoms with E-state index in [9.17, 15) is 9.90 Å². The molecule has 136 valence electrons. The van der Waals surface area contributed by atoms with Crippen molar-refractivity contribution >= 4 is 33.0 Å². The van der Waals surface area contributed by atoms with Crippen LogP contribution in [0.25, 0.3) is 0 Å². The van der Waals surface area contributed by atoms with Gasteiger partial charge in [-0.1, -0.05) is 55.4 Å². The van der Waals surface area contributed by atoms with Crippen LogP contribution in [-0.2, 0) is 0 Å². The number of rotatable bonds is 5. The molecule has 0 amide bonds. The van der Waals surface area contributed by atoms with Crippen LogP contribution in [0.1, 0.15) is 65.1 Å². The van der Waals surface area contributed by atoms with Gasteiger partial charge in [-0.3, -0.25) is 0 Å². The molecule has 24 heavy (non-hydrogen) atoms. The zero-order chi connectivity index (χ0) is 18.4. The fraction of sp³-hybridized carbons (Fsp3) is 0.706. The van der Waals surface area contributed by atoms with E-state index in [0.717, 1.165) is 0 Å². The van der Waals surface area contributed by atoms with Crippen molar-refractivity contribution in [1.29, 1.82) is 0 Å². The molecule has 0 saturated carbocycles. The normalized spacial score (nSPS) is 18.7. The van der Waals surface area contributed by atoms with E-state index in [2.05, 4.69) is 55.4 Å². The van der Waals surface area contributed by atoms with Crippen LogP contribution in [0.2, 0.25) is 22.2 Å². The molecule has 1 aromatic heterocycles. The molecule has 0 atom stereocenters. The van der Waals surface area contributed by atoms with E-state index in [1.807, 2.05) is 5.38 Å². The number of hydrogen-bond donors (Lipinski definition) is 1. The molecule has 0 saturated heterocycles. The molecule has 1 N–H and O–H groups in total. The van der Waals surface area contributed by atoms with E-state index >= 15 is 0 Å². The summed E-state index contributed by atoms with van der Waals surface area (Å²) in [5.74, 6) is 0.227. The highest BCUT2D eigenvalue weighted by molar-refractivity contribution is 7.40. The summed E-state index contributed by atoms with van der Waals surface area (Å²) in [4.78, 5) is 11.9. The number of thiophene rings is 1. The van der Waals surface area contributed by atoms with E-state index in [-0.39, 0.29) is 4.88 Å². The minimum Gasteiger partial charge on any atom is -0.538 e. The molecular formula is C17H30O4SSi2. The molecule has 0 unspecified atom stereocenters. The maximum Gasteiger partial charge on any atom is 0.349 e. The highest BCUT2D eigenvalue weighted by Crippen LogP contribution is 2.57. The Labute approximate surface area is 151 Å². The highest BCUT2D eigenvalue weighted by atomic mass is 32.1. The van der Waals surface area contributed by atoms with Crippen molar-refractivity contribution in [2.75, 3.05) is 0 Å². The van der Waals surface area contributed by atoms with Crippen LogP contribution in [0.15, 0.2) is 5.38 Å². The molecule has 0 radical (unpaired) electrons. The molecule has 0 spiro atoms. The number of hydrogen-bond acceptors (Lipinski definition) is 4. The number of carbonyl (C=O) groups is 1. The van der Waals surface area contributed by atoms with Crippen molar-refractivity contribution in [3.05, 3.63) is 10.3 Å². The molecule has 0 aromatic carbocycles. The van der Waals surface area contributed by atoms with Crippen LogP contribution >= 0.6 is 11.3 Å². The quantitative estimate of drug-likeness (QED) is 0.647. The topological polar surface area (TPSA) is 55.8 Å². The molecule has 7 heteroatoms. The Balaban J connectivity index is 2.80. The van der Waals surface area contributed by atoms with E-state index in [1.165, 1.54) is 11.3 Å². The SMILES string of the molecule is CC(C)[Si]1(C(C)C)Oc2csc(C(=O)O)c2O[Si]1(C(C)C)C(C)C. The molecule has 0 fully saturated rings. The third kappa shape index (κ3) is 2.47. The third-order valence-electron chi connectivity index (χ3n) is 5.50. The van der Waals surface area contributed by atoms with E-state index in [4.69, 9.17) is 8.85 Å². The van der Waals surface area contributed by atoms with E-state index in [1.54, 1.807) is 0 Å². The lowest BCUT2D eigenvalue weighted by Crippen LogP contribution is -2.77. The summed E-state index contributed by atoms with van der Waals surface area (Å²) in [7, 11) is -4.66. The van der Waals surface area contributed by atoms with Gasteiger partial charge >= 0.3 is 5.97 Å². The van der Waals surface area contributed by atoms with Crippen molar-refractivity contribution < 1.29 is 18.8 Å². The average molecular weight is 387 g/mol. The summed E-state index contributed by atoms with van der Waals surface area (Å²) < 4.78 is 13.7. The second-order valence-corrected chi connectivity index (χ2v) is 21.7. The molecule has 1 aliphatic heterocycles. The van der Waals surface area contributed by atoms with Crippen molar-refractivity contribution in [1.82, 2.24) is 0 Å². The van der Waals surface area contributed by atoms with Crippen molar-refractivity contribution in [3.8, 4) is 11.5 Å². The van der Waals surface area contributed by atoms with Gasteiger partial charge in [-0.05, 0) is 22.2 Å². The summed E-state index contributed by atoms with van der Waals surface area (Å²) >= 11 is 1.22. The molecule has 4 nitrogen and oxygen atoms in total. The Bertz CT molecular complexity index is 606. The molecule has 0 aliphatic carbocycles. The van der Waals surface area contributed by atoms with Gasteiger partial charge in [0.1, 0.15) is 0 Å². The third-order valence-corrected chi connectivity index (χ3v) is 26.8. The minimum absolute atomic E-state index is 0.276. The standard InChI is InChI=1S/C17H30O4SSi2/c1-10(2)23(11(3)4)20-14-9-22-16(17(18)19)15(14)21-24(23,12(5)6)13(7)8/h9-13H,1-8H3,(H,18,19). The summed E-state index contributed by atoms with van der Waals surface area (Å²) in [6.07, 6.45) is 0. The van der Waals surface area contributed by atoms with Crippen LogP contribution in [0, 0.1) is 0 Å². The first kappa shape index (κ1) is 19.5. The fourth-order valence-electron chi connectivity index (χ4n) is 4.77. The van der Waals surface area contributed by atoms with Gasteiger partial charge in [0.25, 0.3) is 15.7 Å². The number of carboxylic acids is 1. The lowest BCUT2D eigenvalue weighted by molar-refractivity contribution is 0.0699. The van der Waals surface area contributed by atoms with Crippen molar-refractivity contribution in [3.63, 3.8) is 0 Å². The molecule has 2 heterocycles. The van der Waals surface area contributed by atoms with Crippen LogP contribution < -0.4 is 8.85 Å². The van der Waals surface area contributed by atoms with Gasteiger partial charge in [0.05, 0.1) is 0 Å². The van der Waals surface area contributed by atoms with Gasteiger partial charge in [0, 0.05) is 5.38 Å². The highest BCUT2D eigenvalue weighted by Gasteiger charge is 2.71. The minimum atomic E-state index is -2.38. The molecular weight excluding hydrogens is 356 g/mol.